The Balaban J connectivity index is 0. The number of carboxylic acids is 2. The molecule has 0 heterocycles. The van der Waals surface area contributed by atoms with Gasteiger partial charge in [-0.1, -0.05) is 60.7 Å². The average Bonchev–Trinajstić information content (AvgIpc) is 2.54. The summed E-state index contributed by atoms with van der Waals surface area (Å²) in [7, 11) is 0. The maximum absolute atomic E-state index is 8.89. The van der Waals surface area contributed by atoms with Gasteiger partial charge in [0.1, 0.15) is 0 Å². The van der Waals surface area contributed by atoms with Crippen molar-refractivity contribution >= 4 is 11.9 Å². The second-order valence-corrected chi connectivity index (χ2v) is 4.86. The summed E-state index contributed by atoms with van der Waals surface area (Å²) < 4.78 is 0. The molecule has 0 saturated heterocycles. The molecule has 2 aromatic carbocycles. The molecule has 0 bridgehead atoms. The van der Waals surface area contributed by atoms with Crippen molar-refractivity contribution in [2.75, 3.05) is 0 Å². The zero-order valence-corrected chi connectivity index (χ0v) is 15.3. The van der Waals surface area contributed by atoms with E-state index in [0.717, 1.165) is 25.0 Å². The molecule has 7 heteroatoms. The van der Waals surface area contributed by atoms with Crippen LogP contribution in [0.3, 0.4) is 0 Å². The molecule has 1 radical (unpaired) electrons. The molecule has 0 fully saturated rings. The Morgan fingerprint density at radius 2 is 0.920 bits per heavy atom. The number of hydrogen-bond acceptors (Lipinski definition) is 6. The van der Waals surface area contributed by atoms with Crippen molar-refractivity contribution in [3.63, 3.8) is 0 Å². The summed E-state index contributed by atoms with van der Waals surface area (Å²) in [6.45, 7) is 1.94. The monoisotopic (exact) mass is 385 g/mol. The molecule has 0 aromatic heterocycles. The molecule has 135 valence electrons. The second kappa shape index (κ2) is 14.2. The third kappa shape index (κ3) is 12.9. The summed E-state index contributed by atoms with van der Waals surface area (Å²) in [6.07, 6.45) is 0. The first-order valence-corrected chi connectivity index (χ1v) is 7.22. The number of carbonyl (C=O) groups excluding carboxylic acids is 2. The van der Waals surface area contributed by atoms with E-state index in [1.807, 2.05) is 60.7 Å². The fourth-order valence-corrected chi connectivity index (χ4v) is 1.77. The minimum atomic E-state index is -1.08. The van der Waals surface area contributed by atoms with Gasteiger partial charge in [-0.05, 0) is 25.0 Å². The molecule has 0 aliphatic heterocycles. The van der Waals surface area contributed by atoms with Crippen LogP contribution in [0.25, 0.3) is 0 Å². The largest absolute Gasteiger partial charge is 2.00 e. The molecule has 2 unspecified atom stereocenters. The molecular weight excluding hydrogens is 363 g/mol. The van der Waals surface area contributed by atoms with E-state index >= 15 is 0 Å². The summed E-state index contributed by atoms with van der Waals surface area (Å²) in [5, 5.41) is 17.8. The van der Waals surface area contributed by atoms with Gasteiger partial charge in [-0.2, -0.15) is 0 Å². The fraction of sp³-hybridized carbons (Fsp3) is 0.222. The molecule has 25 heavy (non-hydrogen) atoms. The molecule has 0 saturated carbocycles. The standard InChI is InChI=1S/C14H16N2.2C2H4O2.Mn/c15-13(11-7-3-1-4-8-11)14(16)12-9-5-2-6-10-12;2*1-2(3)4;/h1-10,13-14H,15-16H2;2*1H3,(H,3,4);/q;;;+2/p-2. The first-order valence-electron chi connectivity index (χ1n) is 7.22. The quantitative estimate of drug-likeness (QED) is 0.709. The fourth-order valence-electron chi connectivity index (χ4n) is 1.77. The van der Waals surface area contributed by atoms with Crippen LogP contribution in [-0.4, -0.2) is 11.9 Å². The molecular formula is C18H22MnN2O4. The van der Waals surface area contributed by atoms with Gasteiger partial charge in [-0.25, -0.2) is 0 Å². The Morgan fingerprint density at radius 3 is 1.12 bits per heavy atom. The maximum atomic E-state index is 8.89. The number of hydrogen-bond donors (Lipinski definition) is 2. The van der Waals surface area contributed by atoms with Gasteiger partial charge in [0, 0.05) is 24.0 Å². The van der Waals surface area contributed by atoms with Crippen LogP contribution in [-0.2, 0) is 26.7 Å². The number of carboxylic acid groups (broad SMARTS) is 2. The van der Waals surface area contributed by atoms with Crippen LogP contribution in [0.2, 0.25) is 0 Å². The number of carbonyl (C=O) groups is 2. The molecule has 0 spiro atoms. The van der Waals surface area contributed by atoms with Gasteiger partial charge in [-0.15, -0.1) is 0 Å². The zero-order valence-electron chi connectivity index (χ0n) is 14.1. The van der Waals surface area contributed by atoms with Crippen LogP contribution in [0.15, 0.2) is 60.7 Å². The smallest absolute Gasteiger partial charge is 0.550 e. The van der Waals surface area contributed by atoms with Crippen molar-refractivity contribution in [1.82, 2.24) is 0 Å². The minimum absolute atomic E-state index is 0. The van der Waals surface area contributed by atoms with Crippen molar-refractivity contribution in [3.8, 4) is 0 Å². The van der Waals surface area contributed by atoms with Crippen molar-refractivity contribution in [3.05, 3.63) is 71.8 Å². The van der Waals surface area contributed by atoms with Crippen molar-refractivity contribution in [1.29, 1.82) is 0 Å². The van der Waals surface area contributed by atoms with E-state index < -0.39 is 11.9 Å². The summed E-state index contributed by atoms with van der Waals surface area (Å²) >= 11 is 0. The zero-order chi connectivity index (χ0) is 18.5. The Morgan fingerprint density at radius 1 is 0.720 bits per heavy atom. The first kappa shape index (κ1) is 25.1. The van der Waals surface area contributed by atoms with Gasteiger partial charge in [0.05, 0.1) is 0 Å². The summed E-state index contributed by atoms with van der Waals surface area (Å²) in [4.78, 5) is 17.8. The van der Waals surface area contributed by atoms with Crippen molar-refractivity contribution in [2.45, 2.75) is 25.9 Å². The van der Waals surface area contributed by atoms with Crippen LogP contribution in [0.1, 0.15) is 37.1 Å². The van der Waals surface area contributed by atoms with Crippen LogP contribution in [0, 0.1) is 0 Å². The van der Waals surface area contributed by atoms with E-state index in [2.05, 4.69) is 0 Å². The Hall–Kier alpha value is -2.18. The maximum Gasteiger partial charge on any atom is 2.00 e. The molecule has 0 amide bonds. The molecule has 6 nitrogen and oxygen atoms in total. The van der Waals surface area contributed by atoms with Crippen LogP contribution < -0.4 is 21.7 Å². The predicted octanol–water partition coefficient (Wildman–Crippen LogP) is -0.104. The van der Waals surface area contributed by atoms with Gasteiger partial charge in [0.15, 0.2) is 0 Å². The van der Waals surface area contributed by atoms with Gasteiger partial charge < -0.3 is 31.3 Å². The Labute approximate surface area is 158 Å². The number of rotatable bonds is 3. The number of benzene rings is 2. The second-order valence-electron chi connectivity index (χ2n) is 4.86. The predicted molar refractivity (Wildman–Crippen MR) is 88.1 cm³/mol. The SMILES string of the molecule is CC(=O)[O-].CC(=O)[O-].NC(c1ccccc1)C(N)c1ccccc1.[Mn+2]. The molecule has 0 aliphatic carbocycles. The topological polar surface area (TPSA) is 132 Å². The third-order valence-corrected chi connectivity index (χ3v) is 2.76. The third-order valence-electron chi connectivity index (χ3n) is 2.76. The summed E-state index contributed by atoms with van der Waals surface area (Å²) in [5.41, 5.74) is 14.4. The molecule has 0 aliphatic rings. The molecule has 4 N–H and O–H groups in total. The van der Waals surface area contributed by atoms with E-state index in [1.54, 1.807) is 0 Å². The van der Waals surface area contributed by atoms with Crippen molar-refractivity contribution < 1.29 is 36.9 Å². The van der Waals surface area contributed by atoms with E-state index in [9.17, 15) is 0 Å². The van der Waals surface area contributed by atoms with Gasteiger partial charge in [0.2, 0.25) is 0 Å². The van der Waals surface area contributed by atoms with E-state index in [1.165, 1.54) is 0 Å². The van der Waals surface area contributed by atoms with Crippen LogP contribution in [0.4, 0.5) is 0 Å². The normalized spacial score (nSPS) is 11.2. The van der Waals surface area contributed by atoms with Gasteiger partial charge >= 0.3 is 17.1 Å². The van der Waals surface area contributed by atoms with Crippen molar-refractivity contribution in [2.24, 2.45) is 11.5 Å². The molecule has 2 atom stereocenters. The molecule has 2 aromatic rings. The van der Waals surface area contributed by atoms with Crippen LogP contribution in [0.5, 0.6) is 0 Å². The van der Waals surface area contributed by atoms with Crippen LogP contribution >= 0.6 is 0 Å². The Bertz CT molecular complexity index is 545. The Kier molecular flexibility index (Phi) is 14.2. The van der Waals surface area contributed by atoms with E-state index in [4.69, 9.17) is 31.3 Å². The summed E-state index contributed by atoms with van der Waals surface area (Å²) in [5.74, 6) is -2.17. The van der Waals surface area contributed by atoms with Gasteiger partial charge in [0.25, 0.3) is 0 Å². The average molecular weight is 385 g/mol. The first-order chi connectivity index (χ1) is 11.3. The summed E-state index contributed by atoms with van der Waals surface area (Å²) in [6, 6.07) is 19.6. The minimum Gasteiger partial charge on any atom is -0.550 e. The number of aliphatic carboxylic acids is 2. The van der Waals surface area contributed by atoms with E-state index in [-0.39, 0.29) is 29.2 Å². The molecule has 2 rings (SSSR count). The van der Waals surface area contributed by atoms with E-state index in [0.29, 0.717) is 0 Å². The number of nitrogens with two attached hydrogens (primary N) is 2. The van der Waals surface area contributed by atoms with Gasteiger partial charge in [-0.3, -0.25) is 0 Å².